The fraction of sp³-hybridized carbons (Fsp3) is 0.269. The van der Waals surface area contributed by atoms with E-state index >= 15 is 0 Å². The highest BCUT2D eigenvalue weighted by Crippen LogP contribution is 2.33. The molecule has 0 unspecified atom stereocenters. The summed E-state index contributed by atoms with van der Waals surface area (Å²) >= 11 is 0. The number of carbonyl (C=O) groups excluding carboxylic acids is 2. The number of hydrogen-bond acceptors (Lipinski definition) is 5. The first-order valence-corrected chi connectivity index (χ1v) is 11.7. The number of hydrogen-bond donors (Lipinski definition) is 3. The molecule has 5 rings (SSSR count). The number of pyridine rings is 1. The smallest absolute Gasteiger partial charge is 0.323 e. The maximum absolute atomic E-state index is 12.6. The number of benzene rings is 2. The maximum Gasteiger partial charge on any atom is 0.323 e. The molecule has 9 heteroatoms. The molecule has 35 heavy (non-hydrogen) atoms. The molecule has 1 saturated heterocycles. The van der Waals surface area contributed by atoms with Crippen LogP contribution >= 0.6 is 0 Å². The number of urea groups is 2. The Balaban J connectivity index is 1.12. The lowest BCUT2D eigenvalue weighted by atomic mass is 10.1. The third-order valence-electron chi connectivity index (χ3n) is 6.25. The fourth-order valence-electron chi connectivity index (χ4n) is 4.32. The molecule has 0 bridgehead atoms. The van der Waals surface area contributed by atoms with Crippen LogP contribution < -0.4 is 25.6 Å². The van der Waals surface area contributed by atoms with Gasteiger partial charge in [0.1, 0.15) is 11.6 Å². The van der Waals surface area contributed by atoms with Crippen molar-refractivity contribution < 1.29 is 14.3 Å². The number of aryl methyl sites for hydroxylation is 1. The lowest BCUT2D eigenvalue weighted by Gasteiger charge is -2.36. The van der Waals surface area contributed by atoms with E-state index in [0.29, 0.717) is 36.9 Å². The van der Waals surface area contributed by atoms with E-state index in [9.17, 15) is 9.59 Å². The van der Waals surface area contributed by atoms with Crippen LogP contribution in [0.5, 0.6) is 5.75 Å². The van der Waals surface area contributed by atoms with E-state index in [0.717, 1.165) is 42.1 Å². The molecule has 1 aromatic heterocycles. The minimum atomic E-state index is -0.315. The highest BCUT2D eigenvalue weighted by molar-refractivity contribution is 6.01. The quantitative estimate of drug-likeness (QED) is 0.525. The monoisotopic (exact) mass is 472 g/mol. The number of ether oxygens (including phenoxy) is 1. The first-order valence-electron chi connectivity index (χ1n) is 11.7. The van der Waals surface area contributed by atoms with E-state index in [1.807, 2.05) is 61.5 Å². The van der Waals surface area contributed by atoms with Crippen molar-refractivity contribution in [2.45, 2.75) is 13.3 Å². The molecule has 9 nitrogen and oxygen atoms in total. The molecule has 180 valence electrons. The predicted molar refractivity (Wildman–Crippen MR) is 137 cm³/mol. The maximum atomic E-state index is 12.6. The van der Waals surface area contributed by atoms with Gasteiger partial charge in [-0.25, -0.2) is 14.6 Å². The van der Waals surface area contributed by atoms with Gasteiger partial charge >= 0.3 is 12.1 Å². The molecule has 2 aliphatic rings. The zero-order valence-corrected chi connectivity index (χ0v) is 19.6. The fourth-order valence-corrected chi connectivity index (χ4v) is 4.32. The van der Waals surface area contributed by atoms with Crippen LogP contribution in [0.15, 0.2) is 60.8 Å². The molecule has 1 fully saturated rings. The van der Waals surface area contributed by atoms with Gasteiger partial charge in [0.15, 0.2) is 0 Å². The van der Waals surface area contributed by atoms with Gasteiger partial charge < -0.3 is 25.2 Å². The van der Waals surface area contributed by atoms with Crippen molar-refractivity contribution in [1.82, 2.24) is 9.88 Å². The standard InChI is InChI=1S/C26H28N6O3/c1-18-4-3-12-27-24(18)30-26(34)32-15-13-31(14-16-32)21-9-7-20(8-10-21)28-25(33)29-22-6-2-5-19-11-17-35-23(19)22/h2-10,12H,11,13-17H2,1H3,(H,27,30,34)(H2,28,29,33). The summed E-state index contributed by atoms with van der Waals surface area (Å²) in [6.07, 6.45) is 2.53. The second-order valence-electron chi connectivity index (χ2n) is 8.59. The van der Waals surface area contributed by atoms with E-state index in [2.05, 4.69) is 25.8 Å². The summed E-state index contributed by atoms with van der Waals surface area (Å²) in [6, 6.07) is 16.8. The lowest BCUT2D eigenvalue weighted by Crippen LogP contribution is -2.50. The number of nitrogens with one attached hydrogen (secondary N) is 3. The van der Waals surface area contributed by atoms with Crippen LogP contribution in [0, 0.1) is 6.92 Å². The molecular formula is C26H28N6O3. The number of nitrogens with zero attached hydrogens (tertiary/aromatic N) is 3. The zero-order valence-electron chi connectivity index (χ0n) is 19.6. The molecule has 0 radical (unpaired) electrons. The van der Waals surface area contributed by atoms with Gasteiger partial charge in [-0.2, -0.15) is 0 Å². The Kier molecular flexibility index (Phi) is 6.38. The van der Waals surface area contributed by atoms with Crippen LogP contribution in [0.3, 0.4) is 0 Å². The van der Waals surface area contributed by atoms with E-state index in [1.54, 1.807) is 11.1 Å². The lowest BCUT2D eigenvalue weighted by molar-refractivity contribution is 0.208. The Bertz CT molecular complexity index is 1220. The van der Waals surface area contributed by atoms with Crippen LogP contribution in [0.4, 0.5) is 32.5 Å². The number of aromatic nitrogens is 1. The van der Waals surface area contributed by atoms with Crippen molar-refractivity contribution in [2.75, 3.05) is 53.6 Å². The molecular weight excluding hydrogens is 444 g/mol. The molecule has 0 atom stereocenters. The summed E-state index contributed by atoms with van der Waals surface area (Å²) in [7, 11) is 0. The first-order chi connectivity index (χ1) is 17.1. The number of para-hydroxylation sites is 1. The van der Waals surface area contributed by atoms with E-state index in [-0.39, 0.29) is 12.1 Å². The highest BCUT2D eigenvalue weighted by Gasteiger charge is 2.22. The summed E-state index contributed by atoms with van der Waals surface area (Å²) < 4.78 is 5.64. The van der Waals surface area contributed by atoms with Gasteiger partial charge in [0.25, 0.3) is 0 Å². The van der Waals surface area contributed by atoms with Crippen molar-refractivity contribution in [2.24, 2.45) is 0 Å². The summed E-state index contributed by atoms with van der Waals surface area (Å²) in [5.74, 6) is 1.34. The molecule has 0 aliphatic carbocycles. The van der Waals surface area contributed by atoms with Gasteiger partial charge in [0.05, 0.1) is 12.3 Å². The Morgan fingerprint density at radius 3 is 2.49 bits per heavy atom. The Morgan fingerprint density at radius 2 is 1.71 bits per heavy atom. The summed E-state index contributed by atoms with van der Waals surface area (Å²) in [4.78, 5) is 33.4. The topological polar surface area (TPSA) is 98.8 Å². The van der Waals surface area contributed by atoms with E-state index in [1.165, 1.54) is 0 Å². The average molecular weight is 473 g/mol. The van der Waals surface area contributed by atoms with Crippen molar-refractivity contribution in [3.05, 3.63) is 71.9 Å². The van der Waals surface area contributed by atoms with Crippen LogP contribution in [0.25, 0.3) is 0 Å². The summed E-state index contributed by atoms with van der Waals surface area (Å²) in [5, 5.41) is 8.64. The molecule has 2 aliphatic heterocycles. The third kappa shape index (κ3) is 5.13. The van der Waals surface area contributed by atoms with E-state index in [4.69, 9.17) is 4.74 Å². The Morgan fingerprint density at radius 1 is 0.914 bits per heavy atom. The Labute approximate surface area is 204 Å². The van der Waals surface area contributed by atoms with Crippen molar-refractivity contribution in [1.29, 1.82) is 0 Å². The van der Waals surface area contributed by atoms with Gasteiger partial charge in [-0.3, -0.25) is 5.32 Å². The molecule has 0 saturated carbocycles. The highest BCUT2D eigenvalue weighted by atomic mass is 16.5. The summed E-state index contributed by atoms with van der Waals surface area (Å²) in [5.41, 5.74) is 4.46. The van der Waals surface area contributed by atoms with Crippen molar-refractivity contribution in [3.8, 4) is 5.75 Å². The van der Waals surface area contributed by atoms with Crippen LogP contribution in [-0.2, 0) is 6.42 Å². The van der Waals surface area contributed by atoms with Gasteiger partial charge in [-0.05, 0) is 54.4 Å². The van der Waals surface area contributed by atoms with Gasteiger partial charge in [-0.15, -0.1) is 0 Å². The SMILES string of the molecule is Cc1cccnc1NC(=O)N1CCN(c2ccc(NC(=O)Nc3cccc4c3OCC4)cc2)CC1. The number of anilines is 4. The molecule has 3 aromatic rings. The predicted octanol–water partition coefficient (Wildman–Crippen LogP) is 4.32. The Hall–Kier alpha value is -4.27. The van der Waals surface area contributed by atoms with E-state index < -0.39 is 0 Å². The number of rotatable bonds is 4. The zero-order chi connectivity index (χ0) is 24.2. The minimum Gasteiger partial charge on any atom is -0.491 e. The number of piperazine rings is 1. The minimum absolute atomic E-state index is 0.133. The van der Waals surface area contributed by atoms with Crippen molar-refractivity contribution >= 4 is 34.9 Å². The molecule has 2 aromatic carbocycles. The van der Waals surface area contributed by atoms with Gasteiger partial charge in [-0.1, -0.05) is 18.2 Å². The second kappa shape index (κ2) is 9.92. The largest absolute Gasteiger partial charge is 0.491 e. The van der Waals surface area contributed by atoms with Crippen LogP contribution in [0.2, 0.25) is 0 Å². The van der Waals surface area contributed by atoms with Crippen LogP contribution in [0.1, 0.15) is 11.1 Å². The number of fused-ring (bicyclic) bond motifs is 1. The molecule has 3 heterocycles. The third-order valence-corrected chi connectivity index (χ3v) is 6.25. The summed E-state index contributed by atoms with van der Waals surface area (Å²) in [6.45, 7) is 5.24. The first kappa shape index (κ1) is 22.5. The molecule has 3 N–H and O–H groups in total. The number of amides is 4. The van der Waals surface area contributed by atoms with Crippen molar-refractivity contribution in [3.63, 3.8) is 0 Å². The van der Waals surface area contributed by atoms with Gasteiger partial charge in [0.2, 0.25) is 0 Å². The second-order valence-corrected chi connectivity index (χ2v) is 8.59. The van der Waals surface area contributed by atoms with Crippen LogP contribution in [-0.4, -0.2) is 54.7 Å². The average Bonchev–Trinajstić information content (AvgIpc) is 3.36. The molecule has 0 spiro atoms. The normalized spacial score (nSPS) is 14.7. The van der Waals surface area contributed by atoms with Gasteiger partial charge in [0, 0.05) is 50.2 Å². The molecule has 4 amide bonds. The number of carbonyl (C=O) groups is 2.